The van der Waals surface area contributed by atoms with E-state index in [1.54, 1.807) is 18.2 Å². The summed E-state index contributed by atoms with van der Waals surface area (Å²) in [5, 5.41) is 9.22. The Morgan fingerprint density at radius 1 is 1.19 bits per heavy atom. The maximum Gasteiger partial charge on any atom is 0.283 e. The van der Waals surface area contributed by atoms with Crippen LogP contribution in [0.15, 0.2) is 39.2 Å². The molecule has 4 rings (SSSR count). The summed E-state index contributed by atoms with van der Waals surface area (Å²) in [6, 6.07) is 6.96. The van der Waals surface area contributed by atoms with Crippen molar-refractivity contribution in [3.05, 3.63) is 56.8 Å². The predicted octanol–water partition coefficient (Wildman–Crippen LogP) is 4.02. The molecule has 0 radical (unpaired) electrons. The molecule has 31 heavy (non-hydrogen) atoms. The van der Waals surface area contributed by atoms with Crippen LogP contribution in [0.1, 0.15) is 17.0 Å². The van der Waals surface area contributed by atoms with Gasteiger partial charge in [-0.3, -0.25) is 10.2 Å². The van der Waals surface area contributed by atoms with E-state index in [0.29, 0.717) is 21.3 Å². The van der Waals surface area contributed by atoms with Gasteiger partial charge in [0.05, 0.1) is 28.2 Å². The molecular weight excluding hydrogens is 481 g/mol. The normalized spacial score (nSPS) is 17.8. The van der Waals surface area contributed by atoms with Gasteiger partial charge in [0.1, 0.15) is 5.84 Å². The summed E-state index contributed by atoms with van der Waals surface area (Å²) in [5.41, 5.74) is 2.89. The molecule has 3 heterocycles. The zero-order valence-corrected chi connectivity index (χ0v) is 19.6. The minimum absolute atomic E-state index is 0.0416. The number of benzene rings is 1. The van der Waals surface area contributed by atoms with Crippen molar-refractivity contribution < 1.29 is 13.2 Å². The van der Waals surface area contributed by atoms with Crippen LogP contribution in [0.25, 0.3) is 11.8 Å². The van der Waals surface area contributed by atoms with E-state index in [0.717, 1.165) is 34.5 Å². The van der Waals surface area contributed by atoms with Gasteiger partial charge < -0.3 is 4.57 Å². The first-order valence-corrected chi connectivity index (χ1v) is 12.2. The summed E-state index contributed by atoms with van der Waals surface area (Å²) >= 11 is 13.2. The molecule has 8 nitrogen and oxygen atoms in total. The molecule has 1 N–H and O–H groups in total. The van der Waals surface area contributed by atoms with Crippen molar-refractivity contribution in [2.45, 2.75) is 13.8 Å². The zero-order valence-electron chi connectivity index (χ0n) is 16.5. The van der Waals surface area contributed by atoms with Crippen LogP contribution in [-0.4, -0.2) is 46.2 Å². The Hall–Kier alpha value is -2.40. The highest BCUT2D eigenvalue weighted by Gasteiger charge is 2.41. The first-order chi connectivity index (χ1) is 14.5. The molecule has 0 saturated carbocycles. The highest BCUT2D eigenvalue weighted by Crippen LogP contribution is 2.32. The van der Waals surface area contributed by atoms with Crippen LogP contribution in [0.2, 0.25) is 10.0 Å². The number of fused-ring (bicyclic) bond motifs is 1. The topological polar surface area (TPSA) is 108 Å². The Balaban J connectivity index is 1.81. The van der Waals surface area contributed by atoms with Crippen LogP contribution in [0.3, 0.4) is 0 Å². The maximum absolute atomic E-state index is 12.6. The lowest BCUT2D eigenvalue weighted by molar-refractivity contribution is -0.114. The molecule has 2 aliphatic heterocycles. The van der Waals surface area contributed by atoms with E-state index in [2.05, 4.69) is 9.39 Å². The summed E-state index contributed by atoms with van der Waals surface area (Å²) in [6.07, 6.45) is 2.51. The van der Waals surface area contributed by atoms with Crippen molar-refractivity contribution in [3.63, 3.8) is 0 Å². The molecule has 0 fully saturated rings. The van der Waals surface area contributed by atoms with Gasteiger partial charge in [0.15, 0.2) is 0 Å². The summed E-state index contributed by atoms with van der Waals surface area (Å²) in [4.78, 5) is 17.6. The molecule has 0 unspecified atom stereocenters. The third-order valence-electron chi connectivity index (χ3n) is 4.75. The number of hydrogen-bond donors (Lipinski definition) is 1. The van der Waals surface area contributed by atoms with Crippen LogP contribution in [0, 0.1) is 19.3 Å². The van der Waals surface area contributed by atoms with Gasteiger partial charge in [-0.1, -0.05) is 23.2 Å². The first kappa shape index (κ1) is 21.8. The number of nitrogens with zero attached hydrogens (tertiary/aromatic N) is 4. The molecule has 2 aliphatic rings. The number of amides is 1. The molecule has 1 amide bonds. The molecule has 0 bridgehead atoms. The highest BCUT2D eigenvalue weighted by atomic mass is 35.5. The number of aliphatic imine (C=N–C) groups is 1. The number of carbonyl (C=O) groups is 1. The van der Waals surface area contributed by atoms with E-state index < -0.39 is 15.7 Å². The fraction of sp³-hybridized carbons (Fsp3) is 0.158. The van der Waals surface area contributed by atoms with Gasteiger partial charge in [0.25, 0.3) is 5.91 Å². The quantitative estimate of drug-likeness (QED) is 0.499. The van der Waals surface area contributed by atoms with E-state index in [1.807, 2.05) is 24.5 Å². The number of rotatable bonds is 2. The third-order valence-corrected chi connectivity index (χ3v) is 7.05. The monoisotopic (exact) mass is 495 g/mol. The summed E-state index contributed by atoms with van der Waals surface area (Å²) in [7, 11) is -3.71. The lowest BCUT2D eigenvalue weighted by Crippen LogP contribution is -2.45. The second kappa shape index (κ2) is 7.63. The number of hydrogen-bond acceptors (Lipinski definition) is 6. The fourth-order valence-corrected chi connectivity index (χ4v) is 5.57. The Morgan fingerprint density at radius 3 is 2.58 bits per heavy atom. The van der Waals surface area contributed by atoms with Gasteiger partial charge in [-0.2, -0.15) is 9.39 Å². The number of nitrogens with one attached hydrogen (secondary N) is 1. The number of sulfone groups is 1. The molecule has 1 aromatic carbocycles. The van der Waals surface area contributed by atoms with E-state index in [9.17, 15) is 13.2 Å². The first-order valence-electron chi connectivity index (χ1n) is 8.82. The molecule has 2 aromatic rings. The van der Waals surface area contributed by atoms with Gasteiger partial charge in [0, 0.05) is 22.7 Å². The lowest BCUT2D eigenvalue weighted by Gasteiger charge is -2.23. The average molecular weight is 496 g/mol. The molecule has 0 atom stereocenters. The fourth-order valence-electron chi connectivity index (χ4n) is 3.35. The molecular formula is C19H15Cl2N5O3S2. The number of amidine groups is 3. The Labute approximate surface area is 192 Å². The van der Waals surface area contributed by atoms with Crippen molar-refractivity contribution >= 4 is 73.1 Å². The number of halogens is 2. The number of aryl methyl sites for hydroxylation is 1. The van der Waals surface area contributed by atoms with Gasteiger partial charge in [-0.25, -0.2) is 13.3 Å². The van der Waals surface area contributed by atoms with Gasteiger partial charge in [0.2, 0.25) is 20.2 Å². The van der Waals surface area contributed by atoms with Crippen LogP contribution >= 0.6 is 35.1 Å². The molecule has 0 spiro atoms. The Kier molecular flexibility index (Phi) is 5.37. The van der Waals surface area contributed by atoms with Crippen LogP contribution in [0.4, 0.5) is 0 Å². The second-order valence-electron chi connectivity index (χ2n) is 6.94. The molecule has 1 aromatic heterocycles. The van der Waals surface area contributed by atoms with Gasteiger partial charge in [-0.15, -0.1) is 0 Å². The van der Waals surface area contributed by atoms with Crippen molar-refractivity contribution in [2.24, 2.45) is 9.39 Å². The van der Waals surface area contributed by atoms with Gasteiger partial charge in [-0.05, 0) is 49.8 Å². The van der Waals surface area contributed by atoms with Crippen molar-refractivity contribution in [3.8, 4) is 5.69 Å². The molecule has 12 heteroatoms. The molecule has 0 aliphatic carbocycles. The zero-order chi connectivity index (χ0) is 22.7. The van der Waals surface area contributed by atoms with Crippen molar-refractivity contribution in [1.82, 2.24) is 9.47 Å². The summed E-state index contributed by atoms with van der Waals surface area (Å²) < 4.78 is 29.8. The molecule has 0 saturated heterocycles. The molecule has 160 valence electrons. The standard InChI is InChI=1S/C19H15Cl2N5O3S2/c1-9-6-11(10(2)25(9)15-8-12(20)4-5-14(15)21)7-13-16(22)26-18(23-17(13)27)30-24-19(26)31(3,28)29/h4-8,22H,1-3H3/b13-7-,22-16?. The Bertz CT molecular complexity index is 1370. The smallest absolute Gasteiger partial charge is 0.283 e. The maximum atomic E-state index is 12.6. The van der Waals surface area contributed by atoms with Gasteiger partial charge >= 0.3 is 0 Å². The summed E-state index contributed by atoms with van der Waals surface area (Å²) in [6.45, 7) is 3.72. The minimum atomic E-state index is -3.71. The van der Waals surface area contributed by atoms with Crippen molar-refractivity contribution in [2.75, 3.05) is 6.26 Å². The SMILES string of the molecule is Cc1cc(/C=C2/C(=N)N3C(=NC2=O)SN=C3S(C)(=O)=O)c(C)n1-c1cc(Cl)ccc1Cl. The number of aromatic nitrogens is 1. The van der Waals surface area contributed by atoms with Crippen LogP contribution in [0.5, 0.6) is 0 Å². The van der Waals surface area contributed by atoms with E-state index >= 15 is 0 Å². The van der Waals surface area contributed by atoms with Crippen LogP contribution < -0.4 is 0 Å². The van der Waals surface area contributed by atoms with E-state index in [4.69, 9.17) is 28.6 Å². The van der Waals surface area contributed by atoms with Crippen molar-refractivity contribution in [1.29, 1.82) is 5.41 Å². The highest BCUT2D eigenvalue weighted by molar-refractivity contribution is 8.16. The van der Waals surface area contributed by atoms with E-state index in [1.165, 1.54) is 6.08 Å². The average Bonchev–Trinajstić information content (AvgIpc) is 3.22. The minimum Gasteiger partial charge on any atom is -0.316 e. The lowest BCUT2D eigenvalue weighted by atomic mass is 10.1. The van der Waals surface area contributed by atoms with E-state index in [-0.39, 0.29) is 21.7 Å². The largest absolute Gasteiger partial charge is 0.316 e. The third kappa shape index (κ3) is 3.73. The predicted molar refractivity (Wildman–Crippen MR) is 125 cm³/mol. The van der Waals surface area contributed by atoms with Crippen LogP contribution in [-0.2, 0) is 14.6 Å². The Morgan fingerprint density at radius 2 is 1.90 bits per heavy atom. The second-order valence-corrected chi connectivity index (χ2v) is 10.4. The summed E-state index contributed by atoms with van der Waals surface area (Å²) in [5.74, 6) is -0.936. The number of carbonyl (C=O) groups excluding carboxylic acids is 1.